The molecule has 32 heavy (non-hydrogen) atoms. The van der Waals surface area contributed by atoms with Crippen LogP contribution in [0.3, 0.4) is 0 Å². The van der Waals surface area contributed by atoms with Gasteiger partial charge in [-0.05, 0) is 30.2 Å². The maximum atomic E-state index is 13.1. The number of hydrogen-bond donors (Lipinski definition) is 2. The van der Waals surface area contributed by atoms with Crippen molar-refractivity contribution in [1.82, 2.24) is 25.3 Å². The van der Waals surface area contributed by atoms with Crippen LogP contribution < -0.4 is 10.6 Å². The van der Waals surface area contributed by atoms with Crippen LogP contribution in [0.25, 0.3) is 0 Å². The van der Waals surface area contributed by atoms with E-state index in [1.54, 1.807) is 34.8 Å². The number of halogens is 1. The smallest absolute Gasteiger partial charge is 0.269 e. The van der Waals surface area contributed by atoms with Crippen LogP contribution >= 0.6 is 11.6 Å². The van der Waals surface area contributed by atoms with Gasteiger partial charge in [-0.25, -0.2) is 0 Å². The fourth-order valence-corrected chi connectivity index (χ4v) is 4.39. The molecule has 3 heterocycles. The van der Waals surface area contributed by atoms with E-state index in [4.69, 9.17) is 11.6 Å². The largest absolute Gasteiger partial charge is 0.346 e. The molecule has 0 unspecified atom stereocenters. The van der Waals surface area contributed by atoms with E-state index < -0.39 is 12.1 Å². The number of benzene rings is 1. The molecule has 0 spiro atoms. The number of fused-ring (bicyclic) bond motifs is 1. The molecule has 2 N–H and O–H groups in total. The molecule has 0 aliphatic carbocycles. The van der Waals surface area contributed by atoms with Gasteiger partial charge < -0.3 is 15.5 Å². The zero-order valence-corrected chi connectivity index (χ0v) is 19.4. The number of aromatic nitrogens is 2. The molecule has 2 fully saturated rings. The third-order valence-corrected chi connectivity index (χ3v) is 6.32. The zero-order valence-electron chi connectivity index (χ0n) is 18.7. The quantitative estimate of drug-likeness (QED) is 0.731. The summed E-state index contributed by atoms with van der Waals surface area (Å²) >= 11 is 5.93. The lowest BCUT2D eigenvalue weighted by Gasteiger charge is -2.34. The molecular weight excluding hydrogens is 430 g/mol. The fraction of sp³-hybridized carbons (Fsp3) is 0.478. The van der Waals surface area contributed by atoms with Gasteiger partial charge >= 0.3 is 0 Å². The first-order chi connectivity index (χ1) is 15.0. The highest BCUT2D eigenvalue weighted by Gasteiger charge is 2.46. The van der Waals surface area contributed by atoms with Crippen LogP contribution in [0.5, 0.6) is 0 Å². The van der Waals surface area contributed by atoms with Crippen molar-refractivity contribution in [3.05, 3.63) is 52.3 Å². The van der Waals surface area contributed by atoms with Gasteiger partial charge in [0.15, 0.2) is 0 Å². The first-order valence-corrected chi connectivity index (χ1v) is 11.1. The molecule has 170 valence electrons. The SMILES string of the molecule is Cn1nc(C(C)(C)C)cc1C(=O)N[C@H]1C[C@H]2C(=O)N[C@@H](Cc3ccc(Cl)cc3)C(=O)N2C1. The lowest BCUT2D eigenvalue weighted by Crippen LogP contribution is -2.61. The van der Waals surface area contributed by atoms with Crippen LogP contribution in [0.2, 0.25) is 5.02 Å². The van der Waals surface area contributed by atoms with Gasteiger partial charge in [-0.1, -0.05) is 44.5 Å². The van der Waals surface area contributed by atoms with E-state index in [9.17, 15) is 14.4 Å². The number of carbonyl (C=O) groups is 3. The lowest BCUT2D eigenvalue weighted by atomic mass is 9.92. The Hall–Kier alpha value is -2.87. The highest BCUT2D eigenvalue weighted by molar-refractivity contribution is 6.30. The Morgan fingerprint density at radius 2 is 1.94 bits per heavy atom. The van der Waals surface area contributed by atoms with Crippen LogP contribution in [-0.2, 0) is 28.5 Å². The molecule has 8 nitrogen and oxygen atoms in total. The number of carbonyl (C=O) groups excluding carboxylic acids is 3. The highest BCUT2D eigenvalue weighted by Crippen LogP contribution is 2.25. The third-order valence-electron chi connectivity index (χ3n) is 6.07. The number of nitrogens with one attached hydrogen (secondary N) is 2. The Morgan fingerprint density at radius 3 is 2.56 bits per heavy atom. The van der Waals surface area contributed by atoms with Crippen LogP contribution in [0.1, 0.15) is 48.9 Å². The second kappa shape index (κ2) is 8.24. The Kier molecular flexibility index (Phi) is 5.75. The van der Waals surface area contributed by atoms with Crippen molar-refractivity contribution in [2.45, 2.75) is 57.2 Å². The molecule has 2 aliphatic heterocycles. The van der Waals surface area contributed by atoms with Crippen LogP contribution in [0.4, 0.5) is 0 Å². The minimum absolute atomic E-state index is 0.128. The van der Waals surface area contributed by atoms with Crippen molar-refractivity contribution in [2.24, 2.45) is 7.05 Å². The van der Waals surface area contributed by atoms with Crippen LogP contribution in [0, 0.1) is 0 Å². The summed E-state index contributed by atoms with van der Waals surface area (Å²) < 4.78 is 1.57. The Labute approximate surface area is 192 Å². The van der Waals surface area contributed by atoms with Gasteiger partial charge in [0.05, 0.1) is 5.69 Å². The number of hydrogen-bond acceptors (Lipinski definition) is 4. The van der Waals surface area contributed by atoms with Crippen molar-refractivity contribution in [3.8, 4) is 0 Å². The second-order valence-corrected chi connectivity index (χ2v) is 10.0. The van der Waals surface area contributed by atoms with Crippen molar-refractivity contribution >= 4 is 29.3 Å². The molecule has 9 heteroatoms. The first-order valence-electron chi connectivity index (χ1n) is 10.7. The Balaban J connectivity index is 1.43. The summed E-state index contributed by atoms with van der Waals surface area (Å²) in [5.74, 6) is -0.571. The van der Waals surface area contributed by atoms with E-state index in [-0.39, 0.29) is 29.2 Å². The lowest BCUT2D eigenvalue weighted by molar-refractivity contribution is -0.147. The molecule has 2 aliphatic rings. The molecule has 2 saturated heterocycles. The number of aryl methyl sites for hydroxylation is 1. The summed E-state index contributed by atoms with van der Waals surface area (Å²) in [5.41, 5.74) is 2.03. The van der Waals surface area contributed by atoms with Gasteiger partial charge in [0.2, 0.25) is 11.8 Å². The van der Waals surface area contributed by atoms with Gasteiger partial charge in [-0.15, -0.1) is 0 Å². The monoisotopic (exact) mass is 457 g/mol. The highest BCUT2D eigenvalue weighted by atomic mass is 35.5. The summed E-state index contributed by atoms with van der Waals surface area (Å²) in [6.07, 6.45) is 0.785. The summed E-state index contributed by atoms with van der Waals surface area (Å²) in [4.78, 5) is 40.2. The minimum atomic E-state index is -0.624. The summed E-state index contributed by atoms with van der Waals surface area (Å²) in [7, 11) is 1.74. The number of rotatable bonds is 4. The van der Waals surface area contributed by atoms with E-state index in [1.807, 2.05) is 32.9 Å². The predicted molar refractivity (Wildman–Crippen MR) is 120 cm³/mol. The van der Waals surface area contributed by atoms with Crippen molar-refractivity contribution in [1.29, 1.82) is 0 Å². The summed E-state index contributed by atoms with van der Waals surface area (Å²) in [6, 6.07) is 7.52. The normalized spacial score (nSPS) is 23.2. The molecule has 4 rings (SSSR count). The van der Waals surface area contributed by atoms with E-state index in [0.29, 0.717) is 30.1 Å². The number of amides is 3. The van der Waals surface area contributed by atoms with Gasteiger partial charge in [-0.2, -0.15) is 5.10 Å². The van der Waals surface area contributed by atoms with E-state index in [0.717, 1.165) is 11.3 Å². The van der Waals surface area contributed by atoms with Gasteiger partial charge in [0.25, 0.3) is 5.91 Å². The van der Waals surface area contributed by atoms with Gasteiger partial charge in [0.1, 0.15) is 17.8 Å². The first kappa shape index (κ1) is 22.3. The molecule has 0 saturated carbocycles. The maximum Gasteiger partial charge on any atom is 0.269 e. The summed E-state index contributed by atoms with van der Waals surface area (Å²) in [6.45, 7) is 6.42. The Bertz CT molecular complexity index is 1060. The molecule has 2 aromatic rings. The van der Waals surface area contributed by atoms with Crippen LogP contribution in [0.15, 0.2) is 30.3 Å². The summed E-state index contributed by atoms with van der Waals surface area (Å²) in [5, 5.41) is 10.9. The van der Waals surface area contributed by atoms with E-state index >= 15 is 0 Å². The van der Waals surface area contributed by atoms with Gasteiger partial charge in [-0.3, -0.25) is 19.1 Å². The molecular formula is C23H28ClN5O3. The average molecular weight is 458 g/mol. The standard InChI is InChI=1S/C23H28ClN5O3/c1-23(2,3)19-11-17(28(4)27-19)20(30)25-15-10-18-21(31)26-16(22(32)29(18)12-15)9-13-5-7-14(24)8-6-13/h5-8,11,15-16,18H,9-10,12H2,1-4H3,(H,25,30)(H,26,31)/t15-,16-,18-/m0/s1. The molecule has 1 aromatic heterocycles. The zero-order chi connectivity index (χ0) is 23.2. The van der Waals surface area contributed by atoms with Crippen molar-refractivity contribution in [3.63, 3.8) is 0 Å². The predicted octanol–water partition coefficient (Wildman–Crippen LogP) is 1.81. The van der Waals surface area contributed by atoms with Crippen LogP contribution in [-0.4, -0.2) is 57.1 Å². The van der Waals surface area contributed by atoms with E-state index in [1.165, 1.54) is 0 Å². The molecule has 0 radical (unpaired) electrons. The minimum Gasteiger partial charge on any atom is -0.346 e. The topological polar surface area (TPSA) is 96.3 Å². The number of piperazine rings is 1. The van der Waals surface area contributed by atoms with Crippen molar-refractivity contribution < 1.29 is 14.4 Å². The van der Waals surface area contributed by atoms with E-state index in [2.05, 4.69) is 15.7 Å². The molecule has 3 atom stereocenters. The molecule has 3 amide bonds. The fourth-order valence-electron chi connectivity index (χ4n) is 4.26. The maximum absolute atomic E-state index is 13.1. The Morgan fingerprint density at radius 1 is 1.25 bits per heavy atom. The molecule has 1 aromatic carbocycles. The average Bonchev–Trinajstić information content (AvgIpc) is 3.31. The van der Waals surface area contributed by atoms with Crippen molar-refractivity contribution in [2.75, 3.05) is 6.54 Å². The van der Waals surface area contributed by atoms with Gasteiger partial charge in [0, 0.05) is 36.5 Å². The second-order valence-electron chi connectivity index (χ2n) is 9.59. The molecule has 0 bridgehead atoms. The number of nitrogens with zero attached hydrogens (tertiary/aromatic N) is 3. The third kappa shape index (κ3) is 4.37.